The molecule has 8 heteroatoms. The molecule has 2 rings (SSSR count). The van der Waals surface area contributed by atoms with Crippen LogP contribution in [0, 0.1) is 0 Å². The van der Waals surface area contributed by atoms with E-state index in [-0.39, 0.29) is 33.4 Å². The second kappa shape index (κ2) is 7.98. The Morgan fingerprint density at radius 3 is 2.60 bits per heavy atom. The fourth-order valence-corrected chi connectivity index (χ4v) is 3.09. The molecule has 0 radical (unpaired) electrons. The van der Waals surface area contributed by atoms with Crippen molar-refractivity contribution in [1.82, 2.24) is 5.32 Å². The first-order chi connectivity index (χ1) is 11.9. The first-order valence-corrected chi connectivity index (χ1v) is 8.35. The lowest BCUT2D eigenvalue weighted by atomic mass is 9.94. The first-order valence-electron chi connectivity index (χ1n) is 7.36. The Hall–Kier alpha value is -2.61. The number of nitrogens with one attached hydrogen (secondary N) is 1. The molecular formula is C17H17NO6S. The minimum Gasteiger partial charge on any atom is -0.496 e. The number of esters is 1. The number of hydrogen-bond donors (Lipinski definition) is 1. The van der Waals surface area contributed by atoms with Crippen molar-refractivity contribution in [2.45, 2.75) is 13.0 Å². The van der Waals surface area contributed by atoms with Crippen molar-refractivity contribution >= 4 is 35.2 Å². The standard InChI is InChI=1S/C17H17NO6S/c1-9(17(22)24-3)18-14(20)8-25-13-7-11(19)10-5-4-6-12(23-2)15(10)16(13)21/h4-7,9H,8H2,1-3H3,(H,18,20)/t9-/m0/s1. The SMILES string of the molecule is COC(=O)[C@H](C)NC(=O)CSC1=CC(=O)c2cccc(OC)c2C1=O. The van der Waals surface area contributed by atoms with Gasteiger partial charge in [-0.15, -0.1) is 11.8 Å². The van der Waals surface area contributed by atoms with Crippen molar-refractivity contribution < 1.29 is 28.7 Å². The maximum absolute atomic E-state index is 12.6. The van der Waals surface area contributed by atoms with Crippen LogP contribution in [-0.2, 0) is 14.3 Å². The number of benzene rings is 1. The van der Waals surface area contributed by atoms with Crippen molar-refractivity contribution in [1.29, 1.82) is 0 Å². The molecule has 1 aliphatic carbocycles. The Kier molecular flexibility index (Phi) is 5.97. The number of thioether (sulfide) groups is 1. The molecule has 0 fully saturated rings. The van der Waals surface area contributed by atoms with E-state index in [1.165, 1.54) is 27.2 Å². The number of ketones is 2. The monoisotopic (exact) mass is 363 g/mol. The number of hydrogen-bond acceptors (Lipinski definition) is 7. The number of ether oxygens (including phenoxy) is 2. The highest BCUT2D eigenvalue weighted by atomic mass is 32.2. The smallest absolute Gasteiger partial charge is 0.328 e. The van der Waals surface area contributed by atoms with Crippen LogP contribution in [0.5, 0.6) is 5.75 Å². The topological polar surface area (TPSA) is 98.8 Å². The molecule has 1 amide bonds. The van der Waals surface area contributed by atoms with Crippen LogP contribution in [0.4, 0.5) is 0 Å². The summed E-state index contributed by atoms with van der Waals surface area (Å²) in [5, 5.41) is 2.46. The number of carbonyl (C=O) groups is 4. The quantitative estimate of drug-likeness (QED) is 0.762. The summed E-state index contributed by atoms with van der Waals surface area (Å²) in [7, 11) is 2.64. The number of fused-ring (bicyclic) bond motifs is 1. The number of methoxy groups -OCH3 is 2. The summed E-state index contributed by atoms with van der Waals surface area (Å²) >= 11 is 0.932. The van der Waals surface area contributed by atoms with Crippen LogP contribution in [0.25, 0.3) is 0 Å². The van der Waals surface area contributed by atoms with E-state index in [4.69, 9.17) is 4.74 Å². The summed E-state index contributed by atoms with van der Waals surface area (Å²) in [5.74, 6) is -1.51. The van der Waals surface area contributed by atoms with E-state index < -0.39 is 17.9 Å². The Morgan fingerprint density at radius 1 is 1.24 bits per heavy atom. The van der Waals surface area contributed by atoms with E-state index in [1.807, 2.05) is 0 Å². The predicted molar refractivity (Wildman–Crippen MR) is 91.8 cm³/mol. The van der Waals surface area contributed by atoms with Gasteiger partial charge in [0.25, 0.3) is 0 Å². The highest BCUT2D eigenvalue weighted by Crippen LogP contribution is 2.33. The zero-order valence-electron chi connectivity index (χ0n) is 14.0. The summed E-state index contributed by atoms with van der Waals surface area (Å²) in [6.45, 7) is 1.49. The summed E-state index contributed by atoms with van der Waals surface area (Å²) in [6.07, 6.45) is 1.21. The van der Waals surface area contributed by atoms with Gasteiger partial charge in [0.05, 0.1) is 30.4 Å². The highest BCUT2D eigenvalue weighted by Gasteiger charge is 2.29. The van der Waals surface area contributed by atoms with Crippen molar-refractivity contribution in [3.8, 4) is 5.75 Å². The van der Waals surface area contributed by atoms with Gasteiger partial charge < -0.3 is 14.8 Å². The molecule has 132 valence electrons. The van der Waals surface area contributed by atoms with Gasteiger partial charge in [0.15, 0.2) is 5.78 Å². The van der Waals surface area contributed by atoms with Crippen LogP contribution in [0.1, 0.15) is 27.6 Å². The number of amides is 1. The van der Waals surface area contributed by atoms with Crippen LogP contribution in [0.15, 0.2) is 29.2 Å². The molecule has 0 unspecified atom stereocenters. The molecule has 1 N–H and O–H groups in total. The molecule has 25 heavy (non-hydrogen) atoms. The maximum atomic E-state index is 12.6. The molecule has 1 atom stereocenters. The second-order valence-electron chi connectivity index (χ2n) is 5.19. The van der Waals surface area contributed by atoms with Gasteiger partial charge in [0, 0.05) is 11.6 Å². The zero-order valence-corrected chi connectivity index (χ0v) is 14.8. The van der Waals surface area contributed by atoms with E-state index in [9.17, 15) is 19.2 Å². The van der Waals surface area contributed by atoms with E-state index in [1.54, 1.807) is 18.2 Å². The fraction of sp³-hybridized carbons (Fsp3) is 0.294. The van der Waals surface area contributed by atoms with Gasteiger partial charge in [-0.3, -0.25) is 14.4 Å². The van der Waals surface area contributed by atoms with E-state index in [2.05, 4.69) is 10.1 Å². The summed E-state index contributed by atoms with van der Waals surface area (Å²) in [4.78, 5) is 48.1. The third-order valence-corrected chi connectivity index (χ3v) is 4.54. The molecule has 0 aliphatic heterocycles. The summed E-state index contributed by atoms with van der Waals surface area (Å²) in [5.41, 5.74) is 0.473. The van der Waals surface area contributed by atoms with Gasteiger partial charge in [-0.25, -0.2) is 4.79 Å². The number of rotatable bonds is 6. The number of Topliss-reactive ketones (excluding diaryl/α,β-unsaturated/α-hetero) is 1. The highest BCUT2D eigenvalue weighted by molar-refractivity contribution is 8.04. The maximum Gasteiger partial charge on any atom is 0.328 e. The molecule has 0 bridgehead atoms. The van der Waals surface area contributed by atoms with Crippen molar-refractivity contribution in [2.75, 3.05) is 20.0 Å². The van der Waals surface area contributed by atoms with Crippen LogP contribution >= 0.6 is 11.8 Å². The molecule has 0 spiro atoms. The van der Waals surface area contributed by atoms with Crippen molar-refractivity contribution in [3.05, 3.63) is 40.3 Å². The predicted octanol–water partition coefficient (Wildman–Crippen LogP) is 1.37. The van der Waals surface area contributed by atoms with Gasteiger partial charge in [-0.1, -0.05) is 12.1 Å². The molecular weight excluding hydrogens is 346 g/mol. The van der Waals surface area contributed by atoms with E-state index in [0.717, 1.165) is 11.8 Å². The minimum atomic E-state index is -0.795. The lowest BCUT2D eigenvalue weighted by Crippen LogP contribution is -2.40. The molecule has 0 saturated carbocycles. The second-order valence-corrected chi connectivity index (χ2v) is 6.20. The number of carbonyl (C=O) groups excluding carboxylic acids is 4. The van der Waals surface area contributed by atoms with E-state index >= 15 is 0 Å². The van der Waals surface area contributed by atoms with Gasteiger partial charge in [-0.2, -0.15) is 0 Å². The van der Waals surface area contributed by atoms with Gasteiger partial charge in [-0.05, 0) is 13.0 Å². The Morgan fingerprint density at radius 2 is 1.96 bits per heavy atom. The molecule has 0 saturated heterocycles. The van der Waals surface area contributed by atoms with Crippen molar-refractivity contribution in [3.63, 3.8) is 0 Å². The molecule has 0 aromatic heterocycles. The summed E-state index contributed by atoms with van der Waals surface area (Å²) in [6, 6.07) is 4.00. The van der Waals surface area contributed by atoms with Crippen LogP contribution in [0.2, 0.25) is 0 Å². The molecule has 1 aromatic rings. The normalized spacial score (nSPS) is 14.3. The zero-order chi connectivity index (χ0) is 18.6. The molecule has 1 aliphatic rings. The van der Waals surface area contributed by atoms with Gasteiger partial charge in [0.1, 0.15) is 11.8 Å². The Balaban J connectivity index is 2.09. The van der Waals surface area contributed by atoms with Crippen LogP contribution < -0.4 is 10.1 Å². The average molecular weight is 363 g/mol. The minimum absolute atomic E-state index is 0.114. The number of allylic oxidation sites excluding steroid dienone is 2. The van der Waals surface area contributed by atoms with Crippen LogP contribution in [0.3, 0.4) is 0 Å². The van der Waals surface area contributed by atoms with E-state index in [0.29, 0.717) is 5.75 Å². The average Bonchev–Trinajstić information content (AvgIpc) is 2.61. The largest absolute Gasteiger partial charge is 0.496 e. The lowest BCUT2D eigenvalue weighted by Gasteiger charge is -2.17. The Bertz CT molecular complexity index is 770. The van der Waals surface area contributed by atoms with Crippen LogP contribution in [-0.4, -0.2) is 49.5 Å². The third kappa shape index (κ3) is 4.08. The third-order valence-electron chi connectivity index (χ3n) is 3.52. The fourth-order valence-electron chi connectivity index (χ4n) is 2.30. The molecule has 1 aromatic carbocycles. The Labute approximate surface area is 148 Å². The lowest BCUT2D eigenvalue weighted by molar-refractivity contribution is -0.144. The van der Waals surface area contributed by atoms with Crippen molar-refractivity contribution in [2.24, 2.45) is 0 Å². The first kappa shape index (κ1) is 18.7. The molecule has 0 heterocycles. The summed E-state index contributed by atoms with van der Waals surface area (Å²) < 4.78 is 9.67. The van der Waals surface area contributed by atoms with Gasteiger partial charge >= 0.3 is 5.97 Å². The molecule has 7 nitrogen and oxygen atoms in total. The van der Waals surface area contributed by atoms with Gasteiger partial charge in [0.2, 0.25) is 11.7 Å².